The lowest BCUT2D eigenvalue weighted by atomic mass is 10.2. The van der Waals surface area contributed by atoms with Gasteiger partial charge in [-0.1, -0.05) is 0 Å². The van der Waals surface area contributed by atoms with E-state index in [9.17, 15) is 9.67 Å². The van der Waals surface area contributed by atoms with Crippen LogP contribution in [0.3, 0.4) is 0 Å². The molecule has 3 nitrogen and oxygen atoms in total. The molecule has 0 saturated carbocycles. The summed E-state index contributed by atoms with van der Waals surface area (Å²) in [5.41, 5.74) is 0.766. The zero-order chi connectivity index (χ0) is 8.48. The molecular formula is C7H13O3P. The van der Waals surface area contributed by atoms with Crippen molar-refractivity contribution < 1.29 is 14.2 Å². The highest BCUT2D eigenvalue weighted by Gasteiger charge is 2.31. The Labute approximate surface area is 66.5 Å². The van der Waals surface area contributed by atoms with Crippen LogP contribution >= 0.6 is 7.37 Å². The fourth-order valence-corrected chi connectivity index (χ4v) is 3.43. The van der Waals surface area contributed by atoms with Gasteiger partial charge < -0.3 is 9.63 Å². The summed E-state index contributed by atoms with van der Waals surface area (Å²) in [4.78, 5) is 0. The summed E-state index contributed by atoms with van der Waals surface area (Å²) in [7, 11) is -2.59. The second-order valence-corrected chi connectivity index (χ2v) is 5.05. The van der Waals surface area contributed by atoms with Gasteiger partial charge in [0.25, 0.3) is 0 Å². The van der Waals surface area contributed by atoms with E-state index in [4.69, 9.17) is 4.52 Å². The Morgan fingerprint density at radius 3 is 2.91 bits per heavy atom. The molecule has 1 aliphatic rings. The fourth-order valence-electron chi connectivity index (χ4n) is 1.14. The lowest BCUT2D eigenvalue weighted by Gasteiger charge is -2.08. The molecule has 0 bridgehead atoms. The van der Waals surface area contributed by atoms with Gasteiger partial charge in [-0.3, -0.25) is 4.57 Å². The molecule has 0 aromatic carbocycles. The Hall–Kier alpha value is -0.110. The van der Waals surface area contributed by atoms with Crippen molar-refractivity contribution >= 4 is 7.37 Å². The minimum absolute atomic E-state index is 0.257. The number of aliphatic hydroxyl groups is 1. The number of hydrogen-bond donors (Lipinski definition) is 1. The van der Waals surface area contributed by atoms with Crippen molar-refractivity contribution in [1.29, 1.82) is 0 Å². The molecule has 0 aromatic heterocycles. The first-order valence-corrected chi connectivity index (χ1v) is 5.56. The lowest BCUT2D eigenvalue weighted by Crippen LogP contribution is -2.07. The molecule has 1 heterocycles. The molecule has 64 valence electrons. The van der Waals surface area contributed by atoms with Crippen molar-refractivity contribution in [3.63, 3.8) is 0 Å². The Morgan fingerprint density at radius 2 is 2.55 bits per heavy atom. The van der Waals surface area contributed by atoms with Crippen LogP contribution in [0, 0.1) is 0 Å². The normalized spacial score (nSPS) is 37.4. The molecule has 1 rings (SSSR count). The first kappa shape index (κ1) is 8.98. The molecule has 0 saturated heterocycles. The van der Waals surface area contributed by atoms with Gasteiger partial charge in [0.15, 0.2) is 0 Å². The maximum absolute atomic E-state index is 11.6. The fraction of sp³-hybridized carbons (Fsp3) is 0.714. The zero-order valence-electron chi connectivity index (χ0n) is 6.78. The highest BCUT2D eigenvalue weighted by Crippen LogP contribution is 2.54. The molecule has 1 aliphatic heterocycles. The summed E-state index contributed by atoms with van der Waals surface area (Å²) in [6.45, 7) is 4.00. The van der Waals surface area contributed by atoms with Gasteiger partial charge >= 0.3 is 0 Å². The average molecular weight is 176 g/mol. The van der Waals surface area contributed by atoms with Crippen LogP contribution in [0.4, 0.5) is 0 Å². The molecule has 0 spiro atoms. The number of aliphatic hydroxyl groups excluding tert-OH is 1. The van der Waals surface area contributed by atoms with Crippen molar-refractivity contribution in [2.75, 3.05) is 12.8 Å². The second kappa shape index (κ2) is 3.10. The minimum atomic E-state index is -2.59. The van der Waals surface area contributed by atoms with Crippen LogP contribution in [-0.4, -0.2) is 24.0 Å². The van der Waals surface area contributed by atoms with E-state index in [2.05, 4.69) is 0 Å². The van der Waals surface area contributed by atoms with Crippen LogP contribution in [0.2, 0.25) is 0 Å². The Morgan fingerprint density at radius 1 is 1.91 bits per heavy atom. The standard InChI is InChI=1S/C7H13O3P/c1-3-10-11(9)4-6(2)7(8)5-11/h4,7-8H,3,5H2,1-2H3. The maximum atomic E-state index is 11.6. The molecule has 0 amide bonds. The third-order valence-corrected chi connectivity index (χ3v) is 4.05. The van der Waals surface area contributed by atoms with Crippen molar-refractivity contribution in [3.8, 4) is 0 Å². The highest BCUT2D eigenvalue weighted by atomic mass is 31.2. The predicted octanol–water partition coefficient (Wildman–Crippen LogP) is 1.58. The first-order valence-electron chi connectivity index (χ1n) is 3.68. The number of hydrogen-bond acceptors (Lipinski definition) is 3. The molecule has 0 aromatic rings. The van der Waals surface area contributed by atoms with Crippen LogP contribution in [0.15, 0.2) is 11.4 Å². The molecule has 0 aliphatic carbocycles. The third kappa shape index (κ3) is 1.92. The Balaban J connectivity index is 2.72. The van der Waals surface area contributed by atoms with Crippen LogP contribution in [0.1, 0.15) is 13.8 Å². The highest BCUT2D eigenvalue weighted by molar-refractivity contribution is 7.62. The van der Waals surface area contributed by atoms with Crippen LogP contribution in [0.25, 0.3) is 0 Å². The molecule has 2 unspecified atom stereocenters. The average Bonchev–Trinajstić information content (AvgIpc) is 2.08. The van der Waals surface area contributed by atoms with E-state index in [0.717, 1.165) is 5.57 Å². The minimum Gasteiger partial charge on any atom is -0.388 e. The van der Waals surface area contributed by atoms with Crippen molar-refractivity contribution in [1.82, 2.24) is 0 Å². The SMILES string of the molecule is CCOP1(=O)C=C(C)C(O)C1. The quantitative estimate of drug-likeness (QED) is 0.649. The topological polar surface area (TPSA) is 46.5 Å². The van der Waals surface area contributed by atoms with E-state index < -0.39 is 13.5 Å². The molecule has 2 atom stereocenters. The molecular weight excluding hydrogens is 163 g/mol. The van der Waals surface area contributed by atoms with Gasteiger partial charge in [-0.05, 0) is 19.4 Å². The molecule has 0 fully saturated rings. The maximum Gasteiger partial charge on any atom is 0.228 e. The van der Waals surface area contributed by atoms with Gasteiger partial charge in [0, 0.05) is 5.82 Å². The van der Waals surface area contributed by atoms with E-state index >= 15 is 0 Å². The molecule has 0 radical (unpaired) electrons. The molecule has 11 heavy (non-hydrogen) atoms. The van der Waals surface area contributed by atoms with Crippen molar-refractivity contribution in [3.05, 3.63) is 11.4 Å². The van der Waals surface area contributed by atoms with Crippen molar-refractivity contribution in [2.24, 2.45) is 0 Å². The lowest BCUT2D eigenvalue weighted by molar-refractivity contribution is 0.232. The predicted molar refractivity (Wildman–Crippen MR) is 43.9 cm³/mol. The monoisotopic (exact) mass is 176 g/mol. The van der Waals surface area contributed by atoms with Gasteiger partial charge in [-0.25, -0.2) is 0 Å². The number of rotatable bonds is 2. The third-order valence-electron chi connectivity index (χ3n) is 1.70. The van der Waals surface area contributed by atoms with E-state index in [-0.39, 0.29) is 6.16 Å². The second-order valence-electron chi connectivity index (χ2n) is 2.72. The van der Waals surface area contributed by atoms with E-state index in [1.54, 1.807) is 19.7 Å². The first-order chi connectivity index (χ1) is 5.07. The summed E-state index contributed by atoms with van der Waals surface area (Å²) in [5, 5.41) is 9.24. The van der Waals surface area contributed by atoms with Crippen molar-refractivity contribution in [2.45, 2.75) is 20.0 Å². The Bertz CT molecular complexity index is 222. The van der Waals surface area contributed by atoms with E-state index in [0.29, 0.717) is 6.61 Å². The van der Waals surface area contributed by atoms with Crippen LogP contribution in [0.5, 0.6) is 0 Å². The summed E-state index contributed by atoms with van der Waals surface area (Å²) in [5.74, 6) is 1.57. The summed E-state index contributed by atoms with van der Waals surface area (Å²) in [6, 6.07) is 0. The van der Waals surface area contributed by atoms with Gasteiger partial charge in [0.05, 0.1) is 18.9 Å². The molecule has 1 N–H and O–H groups in total. The van der Waals surface area contributed by atoms with Gasteiger partial charge in [0.1, 0.15) is 0 Å². The van der Waals surface area contributed by atoms with Gasteiger partial charge in [-0.15, -0.1) is 0 Å². The van der Waals surface area contributed by atoms with Crippen LogP contribution < -0.4 is 0 Å². The molecule has 4 heteroatoms. The van der Waals surface area contributed by atoms with Gasteiger partial charge in [-0.2, -0.15) is 0 Å². The summed E-state index contributed by atoms with van der Waals surface area (Å²) in [6.07, 6.45) is -0.306. The van der Waals surface area contributed by atoms with Crippen LogP contribution in [-0.2, 0) is 9.09 Å². The largest absolute Gasteiger partial charge is 0.388 e. The zero-order valence-corrected chi connectivity index (χ0v) is 7.67. The van der Waals surface area contributed by atoms with Gasteiger partial charge in [0.2, 0.25) is 7.37 Å². The Kier molecular flexibility index (Phi) is 2.53. The summed E-state index contributed by atoms with van der Waals surface area (Å²) >= 11 is 0. The summed E-state index contributed by atoms with van der Waals surface area (Å²) < 4.78 is 16.6. The smallest absolute Gasteiger partial charge is 0.228 e. The van der Waals surface area contributed by atoms with E-state index in [1.165, 1.54) is 0 Å². The van der Waals surface area contributed by atoms with E-state index in [1.807, 2.05) is 0 Å².